The van der Waals surface area contributed by atoms with Gasteiger partial charge in [-0.25, -0.2) is 0 Å². The van der Waals surface area contributed by atoms with Gasteiger partial charge < -0.3 is 0 Å². The van der Waals surface area contributed by atoms with Crippen molar-refractivity contribution in [2.24, 2.45) is 0 Å². The second-order valence-corrected chi connectivity index (χ2v) is 20.6. The van der Waals surface area contributed by atoms with Gasteiger partial charge in [-0.1, -0.05) is 0 Å². The average molecular weight is 567 g/mol. The van der Waals surface area contributed by atoms with Crippen LogP contribution >= 0.6 is 37.2 Å². The Kier molecular flexibility index (Phi) is 16.0. The third kappa shape index (κ3) is 17.8. The molecule has 0 aliphatic rings. The molecular weight excluding hydrogens is 543 g/mol. The fourth-order valence-corrected chi connectivity index (χ4v) is 0.991. The van der Waals surface area contributed by atoms with Crippen molar-refractivity contribution in [2.45, 2.75) is 59.7 Å². The number of nitrogens with one attached hydrogen (secondary N) is 3. The summed E-state index contributed by atoms with van der Waals surface area (Å²) in [6.45, 7) is 12.8. The first-order valence-electron chi connectivity index (χ1n) is 5.37. The number of hydrogen-bond donors (Lipinski definition) is 3. The summed E-state index contributed by atoms with van der Waals surface area (Å²) in [4.78, 5) is 3.34. The van der Waals surface area contributed by atoms with Crippen molar-refractivity contribution in [1.82, 2.24) is 10.6 Å². The molecule has 0 aliphatic heterocycles. The predicted octanol–water partition coefficient (Wildman–Crippen LogP) is -1.40. The zero-order valence-electron chi connectivity index (χ0n) is 10.9. The van der Waals surface area contributed by atoms with Crippen LogP contribution in [-0.4, -0.2) is 24.1 Å². The normalized spacial score (nSPS) is 10.2. The summed E-state index contributed by atoms with van der Waals surface area (Å²) in [7, 11) is 0. The van der Waals surface area contributed by atoms with Gasteiger partial charge in [0.05, 0.1) is 18.1 Å². The van der Waals surface area contributed by atoms with Gasteiger partial charge in [0.2, 0.25) is 0 Å². The van der Waals surface area contributed by atoms with E-state index in [1.807, 2.05) is 0 Å². The molecule has 0 fully saturated rings. The standard InChI is InChI=1S/C10H23N3.I3/c1-7(2)11-10(12-8(3)4)13-9(5)6;1-3-2/h7-9H,1-6H3,(H2,11,12,13);/q;-1/p+1. The summed E-state index contributed by atoms with van der Waals surface area (Å²) in [6, 6.07) is 1.35. The molecule has 0 saturated carbocycles. The number of guanidine groups is 1. The first kappa shape index (κ1) is 19.8. The Hall–Kier alpha value is 1.46. The third-order valence-electron chi connectivity index (χ3n) is 1.30. The van der Waals surface area contributed by atoms with Crippen LogP contribution in [0.5, 0.6) is 0 Å². The van der Waals surface area contributed by atoms with Crippen molar-refractivity contribution in [2.75, 3.05) is 0 Å². The molecule has 0 saturated heterocycles. The topological polar surface area (TPSA) is 38.0 Å². The van der Waals surface area contributed by atoms with E-state index < -0.39 is 0 Å². The molecule has 6 heteroatoms. The minimum absolute atomic E-state index is 0.451. The number of halogens is 3. The number of hydrogen-bond acceptors (Lipinski definition) is 0. The van der Waals surface area contributed by atoms with Crippen molar-refractivity contribution in [3.8, 4) is 0 Å². The van der Waals surface area contributed by atoms with Crippen LogP contribution in [0, 0.1) is 0 Å². The summed E-state index contributed by atoms with van der Waals surface area (Å²) in [5, 5.41) is 6.67. The Bertz CT molecular complexity index is 170. The van der Waals surface area contributed by atoms with Crippen molar-refractivity contribution >= 4 is 43.2 Å². The Morgan fingerprint density at radius 1 is 0.938 bits per heavy atom. The zero-order valence-corrected chi connectivity index (χ0v) is 17.3. The van der Waals surface area contributed by atoms with E-state index in [2.05, 4.69) is 94.4 Å². The SMILES string of the molecule is CC(C)NC(NC(C)C)=[NH+]C(C)C.I[I-]I. The van der Waals surface area contributed by atoms with E-state index in [-0.39, 0.29) is 0 Å². The molecule has 0 radical (unpaired) electrons. The van der Waals surface area contributed by atoms with Crippen molar-refractivity contribution in [3.63, 3.8) is 0 Å². The fourth-order valence-electron chi connectivity index (χ4n) is 0.991. The molecule has 0 aromatic rings. The van der Waals surface area contributed by atoms with Crippen LogP contribution in [-0.2, 0) is 0 Å². The Morgan fingerprint density at radius 3 is 1.44 bits per heavy atom. The van der Waals surface area contributed by atoms with Crippen molar-refractivity contribution < 1.29 is 18.2 Å². The summed E-state index contributed by atoms with van der Waals surface area (Å²) < 4.78 is 0. The number of rotatable bonds is 3. The summed E-state index contributed by atoms with van der Waals surface area (Å²) >= 11 is 5.30. The first-order chi connectivity index (χ1) is 7.33. The molecule has 3 nitrogen and oxygen atoms in total. The van der Waals surface area contributed by atoms with Gasteiger partial charge >= 0.3 is 56.4 Å². The fraction of sp³-hybridized carbons (Fsp3) is 0.900. The van der Waals surface area contributed by atoms with E-state index in [9.17, 15) is 0 Å². The Balaban J connectivity index is 0. The summed E-state index contributed by atoms with van der Waals surface area (Å²) in [5.41, 5.74) is 0. The molecule has 0 aromatic carbocycles. The van der Waals surface area contributed by atoms with Crippen LogP contribution in [0.15, 0.2) is 0 Å². The van der Waals surface area contributed by atoms with E-state index >= 15 is 0 Å². The molecule has 0 heterocycles. The second-order valence-electron chi connectivity index (χ2n) is 4.33. The van der Waals surface area contributed by atoms with E-state index in [0.717, 1.165) is 5.96 Å². The maximum atomic E-state index is 3.34. The van der Waals surface area contributed by atoms with Gasteiger partial charge in [-0.2, -0.15) is 0 Å². The van der Waals surface area contributed by atoms with Gasteiger partial charge in [-0.05, 0) is 41.5 Å². The molecule has 0 atom stereocenters. The molecule has 0 aliphatic carbocycles. The van der Waals surface area contributed by atoms with Gasteiger partial charge in [0.1, 0.15) is 0 Å². The van der Waals surface area contributed by atoms with Crippen LogP contribution in [0.4, 0.5) is 0 Å². The molecule has 100 valence electrons. The van der Waals surface area contributed by atoms with Crippen LogP contribution in [0.3, 0.4) is 0 Å². The molecular formula is C10H24I3N3. The quantitative estimate of drug-likeness (QED) is 0.224. The Morgan fingerprint density at radius 2 is 1.25 bits per heavy atom. The first-order valence-corrected chi connectivity index (χ1v) is 17.9. The van der Waals surface area contributed by atoms with Gasteiger partial charge in [0.25, 0.3) is 0 Å². The minimum atomic E-state index is 0.451. The monoisotopic (exact) mass is 567 g/mol. The maximum absolute atomic E-state index is 3.34. The van der Waals surface area contributed by atoms with Gasteiger partial charge in [-0.3, -0.25) is 15.6 Å². The van der Waals surface area contributed by atoms with E-state index in [4.69, 9.17) is 0 Å². The van der Waals surface area contributed by atoms with Gasteiger partial charge in [0.15, 0.2) is 0 Å². The zero-order chi connectivity index (χ0) is 13.1. The second kappa shape index (κ2) is 12.9. The van der Waals surface area contributed by atoms with Crippen LogP contribution in [0.1, 0.15) is 41.5 Å². The van der Waals surface area contributed by atoms with Crippen LogP contribution in [0.25, 0.3) is 0 Å². The molecule has 0 rings (SSSR count). The summed E-state index contributed by atoms with van der Waals surface area (Å²) in [6.07, 6.45) is 0. The molecule has 0 spiro atoms. The molecule has 16 heavy (non-hydrogen) atoms. The van der Waals surface area contributed by atoms with E-state index in [0.29, 0.717) is 31.4 Å². The molecule has 0 bridgehead atoms. The third-order valence-corrected chi connectivity index (χ3v) is 1.30. The van der Waals surface area contributed by atoms with E-state index in [1.165, 1.54) is 0 Å². The van der Waals surface area contributed by atoms with Crippen molar-refractivity contribution in [3.05, 3.63) is 0 Å². The Labute approximate surface area is 130 Å². The van der Waals surface area contributed by atoms with Gasteiger partial charge in [-0.15, -0.1) is 0 Å². The predicted molar refractivity (Wildman–Crippen MR) is 85.7 cm³/mol. The van der Waals surface area contributed by atoms with Gasteiger partial charge in [0, 0.05) is 0 Å². The molecule has 0 unspecified atom stereocenters. The van der Waals surface area contributed by atoms with Crippen LogP contribution in [0.2, 0.25) is 0 Å². The average Bonchev–Trinajstić information content (AvgIpc) is 2.00. The molecule has 0 amide bonds. The molecule has 0 aromatic heterocycles. The summed E-state index contributed by atoms with van der Waals surface area (Å²) in [5.74, 6) is 1.03. The van der Waals surface area contributed by atoms with Crippen LogP contribution < -0.4 is 28.9 Å². The van der Waals surface area contributed by atoms with Crippen molar-refractivity contribution in [1.29, 1.82) is 0 Å². The molecule has 3 N–H and O–H groups in total. The van der Waals surface area contributed by atoms with E-state index in [1.54, 1.807) is 0 Å².